The minimum absolute atomic E-state index is 0.00359. The van der Waals surface area contributed by atoms with Crippen LogP contribution in [0.2, 0.25) is 0 Å². The van der Waals surface area contributed by atoms with Crippen LogP contribution in [0.15, 0.2) is 0 Å². The monoisotopic (exact) mass is 474 g/mol. The lowest BCUT2D eigenvalue weighted by Gasteiger charge is -2.26. The van der Waals surface area contributed by atoms with E-state index in [1.165, 1.54) is 6.92 Å². The summed E-state index contributed by atoms with van der Waals surface area (Å²) in [6.07, 6.45) is -0.455. The van der Waals surface area contributed by atoms with E-state index in [0.29, 0.717) is 19.4 Å². The van der Waals surface area contributed by atoms with E-state index in [-0.39, 0.29) is 18.8 Å². The summed E-state index contributed by atoms with van der Waals surface area (Å²) in [5.74, 6) is -4.51. The molecule has 0 aliphatic carbocycles. The quantitative estimate of drug-likeness (QED) is 0.108. The smallest absolute Gasteiger partial charge is 0.326 e. The van der Waals surface area contributed by atoms with E-state index in [9.17, 15) is 34.2 Å². The molecule has 0 fully saturated rings. The number of carboxylic acid groups (broad SMARTS) is 1. The number of nitrogens with two attached hydrogens (primary N) is 3. The van der Waals surface area contributed by atoms with Crippen LogP contribution >= 0.6 is 0 Å². The van der Waals surface area contributed by atoms with Crippen LogP contribution in [0, 0.1) is 5.92 Å². The van der Waals surface area contributed by atoms with Crippen LogP contribution in [0.4, 0.5) is 0 Å². The van der Waals surface area contributed by atoms with Crippen LogP contribution < -0.4 is 33.2 Å². The number of primary amides is 1. The summed E-state index contributed by atoms with van der Waals surface area (Å²) in [6, 6.07) is -5.08. The Morgan fingerprint density at radius 3 is 1.91 bits per heavy atom. The molecular formula is C20H38N6O7. The highest BCUT2D eigenvalue weighted by Crippen LogP contribution is 2.08. The molecular weight excluding hydrogens is 436 g/mol. The van der Waals surface area contributed by atoms with Gasteiger partial charge >= 0.3 is 5.97 Å². The van der Waals surface area contributed by atoms with Crippen molar-refractivity contribution in [1.82, 2.24) is 16.0 Å². The molecule has 0 bridgehead atoms. The largest absolute Gasteiger partial charge is 0.480 e. The number of aliphatic carboxylic acids is 1. The molecule has 5 atom stereocenters. The molecule has 5 unspecified atom stereocenters. The fourth-order valence-corrected chi connectivity index (χ4v) is 2.96. The van der Waals surface area contributed by atoms with E-state index in [1.54, 1.807) is 0 Å². The van der Waals surface area contributed by atoms with Gasteiger partial charge in [0, 0.05) is 0 Å². The summed E-state index contributed by atoms with van der Waals surface area (Å²) in [5.41, 5.74) is 16.1. The molecule has 0 saturated heterocycles. The molecule has 0 saturated carbocycles. The zero-order valence-electron chi connectivity index (χ0n) is 19.4. The van der Waals surface area contributed by atoms with Gasteiger partial charge in [0.25, 0.3) is 0 Å². The molecule has 33 heavy (non-hydrogen) atoms. The summed E-state index contributed by atoms with van der Waals surface area (Å²) in [6.45, 7) is 5.22. The molecule has 0 aromatic heterocycles. The SMILES string of the molecule is CC(C)CC(NC(=O)C(CCCCN)NC(=O)C(NC(=O)C(N)CC(N)=O)C(C)O)C(=O)O. The summed E-state index contributed by atoms with van der Waals surface area (Å²) in [5, 5.41) is 26.5. The Morgan fingerprint density at radius 2 is 1.45 bits per heavy atom. The van der Waals surface area contributed by atoms with Gasteiger partial charge in [-0.2, -0.15) is 0 Å². The first-order valence-corrected chi connectivity index (χ1v) is 10.9. The van der Waals surface area contributed by atoms with Crippen molar-refractivity contribution in [3.05, 3.63) is 0 Å². The van der Waals surface area contributed by atoms with Crippen LogP contribution in [0.5, 0.6) is 0 Å². The van der Waals surface area contributed by atoms with E-state index < -0.39 is 66.3 Å². The third kappa shape index (κ3) is 12.2. The average molecular weight is 475 g/mol. The van der Waals surface area contributed by atoms with Gasteiger partial charge in [-0.05, 0) is 45.1 Å². The van der Waals surface area contributed by atoms with Gasteiger partial charge in [0.15, 0.2) is 0 Å². The van der Waals surface area contributed by atoms with Gasteiger partial charge in [-0.1, -0.05) is 13.8 Å². The normalized spacial score (nSPS) is 15.6. The fraction of sp³-hybridized carbons (Fsp3) is 0.750. The topological polar surface area (TPSA) is 240 Å². The van der Waals surface area contributed by atoms with Gasteiger partial charge in [-0.3, -0.25) is 19.2 Å². The highest BCUT2D eigenvalue weighted by molar-refractivity contribution is 5.95. The van der Waals surface area contributed by atoms with Gasteiger partial charge in [0.1, 0.15) is 18.1 Å². The van der Waals surface area contributed by atoms with Crippen LogP contribution in [0.3, 0.4) is 0 Å². The van der Waals surface area contributed by atoms with Gasteiger partial charge in [0.05, 0.1) is 18.6 Å². The molecule has 13 heteroatoms. The number of carbonyl (C=O) groups excluding carboxylic acids is 4. The minimum Gasteiger partial charge on any atom is -0.480 e. The van der Waals surface area contributed by atoms with Crippen molar-refractivity contribution < 1.29 is 34.2 Å². The molecule has 0 spiro atoms. The summed E-state index contributed by atoms with van der Waals surface area (Å²) in [4.78, 5) is 60.1. The van der Waals surface area contributed by atoms with E-state index in [0.717, 1.165) is 0 Å². The first-order valence-electron chi connectivity index (χ1n) is 10.9. The predicted octanol–water partition coefficient (Wildman–Crippen LogP) is -2.72. The van der Waals surface area contributed by atoms with E-state index >= 15 is 0 Å². The summed E-state index contributed by atoms with van der Waals surface area (Å²) in [7, 11) is 0. The van der Waals surface area contributed by atoms with Crippen molar-refractivity contribution in [3.8, 4) is 0 Å². The van der Waals surface area contributed by atoms with Crippen molar-refractivity contribution in [3.63, 3.8) is 0 Å². The number of nitrogens with one attached hydrogen (secondary N) is 3. The predicted molar refractivity (Wildman–Crippen MR) is 119 cm³/mol. The standard InChI is InChI=1S/C20H38N6O7/c1-10(2)8-14(20(32)33)25-18(30)13(6-4-5-7-21)24-19(31)16(11(3)27)26-17(29)12(22)9-15(23)28/h10-14,16,27H,4-9,21-22H2,1-3H3,(H2,23,28)(H,24,31)(H,25,30)(H,26,29)(H,32,33). The molecule has 0 radical (unpaired) electrons. The Balaban J connectivity index is 5.45. The molecule has 0 aliphatic heterocycles. The van der Waals surface area contributed by atoms with Gasteiger partial charge in [0.2, 0.25) is 23.6 Å². The molecule has 190 valence electrons. The number of hydrogen-bond acceptors (Lipinski definition) is 8. The number of carboxylic acids is 1. The van der Waals surface area contributed by atoms with Gasteiger partial charge in [-0.25, -0.2) is 4.79 Å². The number of aliphatic hydroxyl groups excluding tert-OH is 1. The second kappa shape index (κ2) is 15.1. The minimum atomic E-state index is -1.48. The molecule has 0 rings (SSSR count). The first kappa shape index (κ1) is 30.2. The Kier molecular flexibility index (Phi) is 13.9. The molecule has 0 aromatic rings. The molecule has 0 heterocycles. The third-order valence-electron chi connectivity index (χ3n) is 4.72. The number of aliphatic hydroxyl groups is 1. The van der Waals surface area contributed by atoms with E-state index in [4.69, 9.17) is 17.2 Å². The van der Waals surface area contributed by atoms with Crippen LogP contribution in [-0.4, -0.2) is 76.6 Å². The average Bonchev–Trinajstić information content (AvgIpc) is 2.69. The molecule has 13 nitrogen and oxygen atoms in total. The highest BCUT2D eigenvalue weighted by Gasteiger charge is 2.32. The highest BCUT2D eigenvalue weighted by atomic mass is 16.4. The summed E-state index contributed by atoms with van der Waals surface area (Å²) < 4.78 is 0. The first-order chi connectivity index (χ1) is 15.3. The molecule has 0 aliphatic rings. The maximum absolute atomic E-state index is 12.8. The zero-order valence-corrected chi connectivity index (χ0v) is 19.4. The van der Waals surface area contributed by atoms with Gasteiger partial charge < -0.3 is 43.4 Å². The lowest BCUT2D eigenvalue weighted by Crippen LogP contribution is -2.60. The Morgan fingerprint density at radius 1 is 0.879 bits per heavy atom. The van der Waals surface area contributed by atoms with Gasteiger partial charge in [-0.15, -0.1) is 0 Å². The van der Waals surface area contributed by atoms with Crippen LogP contribution in [-0.2, 0) is 24.0 Å². The lowest BCUT2D eigenvalue weighted by atomic mass is 10.0. The Hall–Kier alpha value is -2.77. The second-order valence-corrected chi connectivity index (χ2v) is 8.38. The van der Waals surface area contributed by atoms with Crippen molar-refractivity contribution in [2.45, 2.75) is 83.1 Å². The van der Waals surface area contributed by atoms with E-state index in [2.05, 4.69) is 16.0 Å². The fourth-order valence-electron chi connectivity index (χ4n) is 2.96. The Labute approximate surface area is 193 Å². The maximum Gasteiger partial charge on any atom is 0.326 e. The number of amides is 4. The third-order valence-corrected chi connectivity index (χ3v) is 4.72. The zero-order chi connectivity index (χ0) is 25.7. The molecule has 0 aromatic carbocycles. The number of hydrogen-bond donors (Lipinski definition) is 8. The van der Waals surface area contributed by atoms with Crippen molar-refractivity contribution in [2.24, 2.45) is 23.1 Å². The maximum atomic E-state index is 12.8. The van der Waals surface area contributed by atoms with Crippen molar-refractivity contribution in [2.75, 3.05) is 6.54 Å². The number of unbranched alkanes of at least 4 members (excludes halogenated alkanes) is 1. The second-order valence-electron chi connectivity index (χ2n) is 8.38. The summed E-state index contributed by atoms with van der Waals surface area (Å²) >= 11 is 0. The van der Waals surface area contributed by atoms with Crippen molar-refractivity contribution >= 4 is 29.6 Å². The van der Waals surface area contributed by atoms with Crippen LogP contribution in [0.25, 0.3) is 0 Å². The van der Waals surface area contributed by atoms with Crippen LogP contribution in [0.1, 0.15) is 52.9 Å². The van der Waals surface area contributed by atoms with Crippen molar-refractivity contribution in [1.29, 1.82) is 0 Å². The Bertz CT molecular complexity index is 686. The number of rotatable bonds is 16. The molecule has 4 amide bonds. The molecule has 11 N–H and O–H groups in total. The number of carbonyl (C=O) groups is 5. The van der Waals surface area contributed by atoms with E-state index in [1.807, 2.05) is 13.8 Å². The lowest BCUT2D eigenvalue weighted by molar-refractivity contribution is -0.143.